The van der Waals surface area contributed by atoms with E-state index in [4.69, 9.17) is 14.2 Å². The summed E-state index contributed by atoms with van der Waals surface area (Å²) in [6.07, 6.45) is 9.07. The second-order valence-electron chi connectivity index (χ2n) is 9.60. The fourth-order valence-corrected chi connectivity index (χ4v) is 5.02. The maximum absolute atomic E-state index is 6.48. The Kier molecular flexibility index (Phi) is 6.70. The fourth-order valence-electron chi connectivity index (χ4n) is 5.02. The summed E-state index contributed by atoms with van der Waals surface area (Å²) in [5.74, 6) is 0.542. The van der Waals surface area contributed by atoms with Crippen LogP contribution in [0.1, 0.15) is 79.6 Å². The number of hydrogen-bond acceptors (Lipinski definition) is 4. The Morgan fingerprint density at radius 2 is 1.81 bits per heavy atom. The van der Waals surface area contributed by atoms with Crippen LogP contribution >= 0.6 is 0 Å². The van der Waals surface area contributed by atoms with E-state index in [9.17, 15) is 0 Å². The fraction of sp³-hybridized carbons (Fsp3) is 1.00. The molecule has 3 aliphatic rings. The van der Waals surface area contributed by atoms with Crippen molar-refractivity contribution in [3.8, 4) is 0 Å². The highest BCUT2D eigenvalue weighted by molar-refractivity contribution is 4.90. The van der Waals surface area contributed by atoms with Crippen LogP contribution in [0.5, 0.6) is 0 Å². The van der Waals surface area contributed by atoms with Crippen molar-refractivity contribution in [2.75, 3.05) is 26.2 Å². The van der Waals surface area contributed by atoms with E-state index in [1.807, 2.05) is 0 Å². The number of morpholine rings is 1. The molecule has 3 fully saturated rings. The molecule has 1 saturated carbocycles. The highest BCUT2D eigenvalue weighted by atomic mass is 16.7. The first kappa shape index (κ1) is 20.6. The van der Waals surface area contributed by atoms with Gasteiger partial charge in [-0.3, -0.25) is 4.90 Å². The van der Waals surface area contributed by atoms with E-state index in [-0.39, 0.29) is 11.9 Å². The third kappa shape index (κ3) is 4.81. The van der Waals surface area contributed by atoms with Crippen molar-refractivity contribution in [1.82, 2.24) is 4.90 Å². The van der Waals surface area contributed by atoms with E-state index < -0.39 is 0 Å². The Labute approximate surface area is 160 Å². The minimum absolute atomic E-state index is 0.268. The minimum Gasteiger partial charge on any atom is -0.373 e. The lowest BCUT2D eigenvalue weighted by molar-refractivity contribution is -0.198. The molecule has 0 radical (unpaired) electrons. The molecule has 2 saturated heterocycles. The van der Waals surface area contributed by atoms with Crippen LogP contribution in [-0.4, -0.2) is 55.2 Å². The van der Waals surface area contributed by atoms with Crippen LogP contribution in [0.15, 0.2) is 0 Å². The molecule has 3 rings (SSSR count). The van der Waals surface area contributed by atoms with Gasteiger partial charge in [-0.05, 0) is 43.9 Å². The van der Waals surface area contributed by atoms with Crippen molar-refractivity contribution >= 4 is 0 Å². The Bertz CT molecular complexity index is 445. The average molecular weight is 368 g/mol. The maximum Gasteiger partial charge on any atom is 0.168 e. The number of ether oxygens (including phenoxy) is 3. The Hall–Kier alpha value is -0.160. The molecule has 0 bridgehead atoms. The van der Waals surface area contributed by atoms with E-state index in [1.54, 1.807) is 0 Å². The monoisotopic (exact) mass is 367 g/mol. The molecule has 1 spiro atoms. The standard InChI is InChI=1S/C22H41NO3/c1-6-19-15-23(14-17(3)25-19)13-10-20-16-24-22(26-20)11-8-18(9-12-22)21(4,5)7-2/h17-20H,6-16H2,1-5H3. The molecule has 3 atom stereocenters. The van der Waals surface area contributed by atoms with Crippen LogP contribution in [0.3, 0.4) is 0 Å². The Morgan fingerprint density at radius 1 is 1.08 bits per heavy atom. The first-order chi connectivity index (χ1) is 12.4. The van der Waals surface area contributed by atoms with Crippen LogP contribution in [0, 0.1) is 11.3 Å². The summed E-state index contributed by atoms with van der Waals surface area (Å²) in [6.45, 7) is 15.5. The van der Waals surface area contributed by atoms with Crippen LogP contribution < -0.4 is 0 Å². The van der Waals surface area contributed by atoms with Gasteiger partial charge in [0.2, 0.25) is 0 Å². The molecule has 26 heavy (non-hydrogen) atoms. The smallest absolute Gasteiger partial charge is 0.168 e. The molecule has 4 heteroatoms. The molecule has 0 N–H and O–H groups in total. The Balaban J connectivity index is 1.43. The molecule has 0 aromatic rings. The molecule has 152 valence electrons. The van der Waals surface area contributed by atoms with Crippen molar-refractivity contribution in [2.45, 2.75) is 104 Å². The SMILES string of the molecule is CCC1CN(CCC2COC3(CCC(C(C)(C)CC)CC3)O2)CC(C)O1. The van der Waals surface area contributed by atoms with E-state index in [0.29, 0.717) is 17.6 Å². The molecule has 3 unspecified atom stereocenters. The third-order valence-corrected chi connectivity index (χ3v) is 7.30. The third-order valence-electron chi connectivity index (χ3n) is 7.30. The topological polar surface area (TPSA) is 30.9 Å². The van der Waals surface area contributed by atoms with Gasteiger partial charge in [-0.15, -0.1) is 0 Å². The van der Waals surface area contributed by atoms with Gasteiger partial charge in [-0.1, -0.05) is 34.1 Å². The summed E-state index contributed by atoms with van der Waals surface area (Å²) in [7, 11) is 0. The normalized spacial score (nSPS) is 39.6. The summed E-state index contributed by atoms with van der Waals surface area (Å²) in [5.41, 5.74) is 0.447. The molecule has 1 aliphatic carbocycles. The average Bonchev–Trinajstić information content (AvgIpc) is 3.02. The number of rotatable bonds is 6. The summed E-state index contributed by atoms with van der Waals surface area (Å²) < 4.78 is 18.7. The molecule has 2 aliphatic heterocycles. The van der Waals surface area contributed by atoms with E-state index in [0.717, 1.165) is 57.8 Å². The number of hydrogen-bond donors (Lipinski definition) is 0. The van der Waals surface area contributed by atoms with Crippen LogP contribution in [-0.2, 0) is 14.2 Å². The molecule has 2 heterocycles. The predicted octanol–water partition coefficient (Wildman–Crippen LogP) is 4.61. The highest BCUT2D eigenvalue weighted by Crippen LogP contribution is 2.47. The summed E-state index contributed by atoms with van der Waals surface area (Å²) in [5, 5.41) is 0. The van der Waals surface area contributed by atoms with Crippen molar-refractivity contribution in [1.29, 1.82) is 0 Å². The first-order valence-electron chi connectivity index (χ1n) is 11.1. The molecule has 0 aromatic carbocycles. The predicted molar refractivity (Wildman–Crippen MR) is 105 cm³/mol. The minimum atomic E-state index is -0.269. The van der Waals surface area contributed by atoms with Gasteiger partial charge in [0, 0.05) is 32.5 Å². The Morgan fingerprint density at radius 3 is 2.46 bits per heavy atom. The summed E-state index contributed by atoms with van der Waals surface area (Å²) in [6, 6.07) is 0. The van der Waals surface area contributed by atoms with Crippen molar-refractivity contribution in [3.05, 3.63) is 0 Å². The van der Waals surface area contributed by atoms with Crippen molar-refractivity contribution < 1.29 is 14.2 Å². The first-order valence-corrected chi connectivity index (χ1v) is 11.1. The molecule has 0 aromatic heterocycles. The maximum atomic E-state index is 6.48. The van der Waals surface area contributed by atoms with Gasteiger partial charge >= 0.3 is 0 Å². The van der Waals surface area contributed by atoms with Crippen molar-refractivity contribution in [3.63, 3.8) is 0 Å². The molecule has 4 nitrogen and oxygen atoms in total. The molecular weight excluding hydrogens is 326 g/mol. The van der Waals surface area contributed by atoms with Gasteiger partial charge in [0.25, 0.3) is 0 Å². The zero-order chi connectivity index (χ0) is 18.8. The lowest BCUT2D eigenvalue weighted by Crippen LogP contribution is -2.47. The van der Waals surface area contributed by atoms with E-state index in [2.05, 4.69) is 39.5 Å². The zero-order valence-electron chi connectivity index (χ0n) is 17.8. The lowest BCUT2D eigenvalue weighted by atomic mass is 9.68. The van der Waals surface area contributed by atoms with Crippen LogP contribution in [0.2, 0.25) is 0 Å². The van der Waals surface area contributed by atoms with Crippen LogP contribution in [0.4, 0.5) is 0 Å². The van der Waals surface area contributed by atoms with E-state index >= 15 is 0 Å². The largest absolute Gasteiger partial charge is 0.373 e. The van der Waals surface area contributed by atoms with Gasteiger partial charge in [0.15, 0.2) is 5.79 Å². The zero-order valence-corrected chi connectivity index (χ0v) is 17.8. The van der Waals surface area contributed by atoms with Gasteiger partial charge in [-0.2, -0.15) is 0 Å². The molecule has 0 amide bonds. The highest BCUT2D eigenvalue weighted by Gasteiger charge is 2.46. The summed E-state index contributed by atoms with van der Waals surface area (Å²) >= 11 is 0. The van der Waals surface area contributed by atoms with Gasteiger partial charge < -0.3 is 14.2 Å². The second kappa shape index (κ2) is 8.46. The molecular formula is C22H41NO3. The summed E-state index contributed by atoms with van der Waals surface area (Å²) in [4.78, 5) is 2.55. The quantitative estimate of drug-likeness (QED) is 0.686. The van der Waals surface area contributed by atoms with Crippen LogP contribution in [0.25, 0.3) is 0 Å². The number of nitrogens with zero attached hydrogens (tertiary/aromatic N) is 1. The van der Waals surface area contributed by atoms with E-state index in [1.165, 1.54) is 19.3 Å². The van der Waals surface area contributed by atoms with Gasteiger partial charge in [0.05, 0.1) is 24.9 Å². The second-order valence-corrected chi connectivity index (χ2v) is 9.60. The van der Waals surface area contributed by atoms with Gasteiger partial charge in [0.1, 0.15) is 0 Å². The van der Waals surface area contributed by atoms with Gasteiger partial charge in [-0.25, -0.2) is 0 Å². The lowest BCUT2D eigenvalue weighted by Gasteiger charge is -2.42. The van der Waals surface area contributed by atoms with Crippen molar-refractivity contribution in [2.24, 2.45) is 11.3 Å².